The number of rotatable bonds is 5. The third-order valence-electron chi connectivity index (χ3n) is 5.78. The number of carbonyl (C=O) groups is 1. The SMILES string of the molecule is C[C@H]1CN(c2ccc(OC(F)(F)F)cc2)CCN1S(=O)(=O)C1=CC2C(=CC=C2C(=O)O)C=C1. The van der Waals surface area contributed by atoms with Crippen LogP contribution in [0.15, 0.2) is 70.7 Å². The van der Waals surface area contributed by atoms with Gasteiger partial charge in [-0.25, -0.2) is 13.2 Å². The van der Waals surface area contributed by atoms with Crippen molar-refractivity contribution in [1.29, 1.82) is 0 Å². The average Bonchev–Trinajstić information content (AvgIpc) is 3.16. The molecule has 1 N–H and O–H groups in total. The van der Waals surface area contributed by atoms with Gasteiger partial charge < -0.3 is 14.7 Å². The van der Waals surface area contributed by atoms with E-state index in [2.05, 4.69) is 4.74 Å². The van der Waals surface area contributed by atoms with E-state index in [1.165, 1.54) is 46.8 Å². The number of nitrogens with zero attached hydrogens (tertiary/aromatic N) is 2. The van der Waals surface area contributed by atoms with Gasteiger partial charge in [0.05, 0.1) is 4.91 Å². The molecule has 1 aromatic rings. The molecular weight excluding hydrogens is 461 g/mol. The largest absolute Gasteiger partial charge is 0.573 e. The van der Waals surface area contributed by atoms with Crippen LogP contribution in [0.4, 0.5) is 18.9 Å². The van der Waals surface area contributed by atoms with Gasteiger partial charge in [-0.15, -0.1) is 13.2 Å². The number of carboxylic acid groups (broad SMARTS) is 1. The molecule has 3 aliphatic rings. The third-order valence-corrected chi connectivity index (χ3v) is 7.80. The van der Waals surface area contributed by atoms with Gasteiger partial charge in [0.1, 0.15) is 5.75 Å². The number of hydrogen-bond acceptors (Lipinski definition) is 5. The van der Waals surface area contributed by atoms with Gasteiger partial charge >= 0.3 is 12.3 Å². The molecule has 1 heterocycles. The van der Waals surface area contributed by atoms with Crippen LogP contribution in [0, 0.1) is 5.92 Å². The summed E-state index contributed by atoms with van der Waals surface area (Å²) in [5.74, 6) is -2.03. The van der Waals surface area contributed by atoms with E-state index in [4.69, 9.17) is 0 Å². The van der Waals surface area contributed by atoms with Crippen LogP contribution >= 0.6 is 0 Å². The molecule has 0 amide bonds. The Balaban J connectivity index is 1.47. The van der Waals surface area contributed by atoms with Gasteiger partial charge in [-0.05, 0) is 42.8 Å². The monoisotopic (exact) mass is 482 g/mol. The lowest BCUT2D eigenvalue weighted by Gasteiger charge is -2.40. The first-order chi connectivity index (χ1) is 15.5. The zero-order valence-corrected chi connectivity index (χ0v) is 18.3. The van der Waals surface area contributed by atoms with Gasteiger partial charge in [-0.1, -0.05) is 24.3 Å². The highest BCUT2D eigenvalue weighted by atomic mass is 32.2. The van der Waals surface area contributed by atoms with Crippen LogP contribution in [-0.2, 0) is 14.8 Å². The number of allylic oxidation sites excluding steroid dienone is 6. The number of ether oxygens (including phenoxy) is 1. The van der Waals surface area contributed by atoms with Crippen LogP contribution in [0.1, 0.15) is 6.92 Å². The van der Waals surface area contributed by atoms with E-state index in [1.54, 1.807) is 19.1 Å². The Morgan fingerprint density at radius 2 is 1.82 bits per heavy atom. The summed E-state index contributed by atoms with van der Waals surface area (Å²) < 4.78 is 68.9. The number of aliphatic carboxylic acids is 1. The number of fused-ring (bicyclic) bond motifs is 1. The maximum absolute atomic E-state index is 13.3. The number of benzene rings is 1. The summed E-state index contributed by atoms with van der Waals surface area (Å²) in [4.78, 5) is 13.4. The van der Waals surface area contributed by atoms with Crippen LogP contribution in [0.3, 0.4) is 0 Å². The Morgan fingerprint density at radius 1 is 1.12 bits per heavy atom. The summed E-state index contributed by atoms with van der Waals surface area (Å²) in [6.07, 6.45) is 2.94. The van der Waals surface area contributed by atoms with Gasteiger partial charge in [-0.2, -0.15) is 4.31 Å². The fraction of sp³-hybridized carbons (Fsp3) is 0.318. The second-order valence-corrected chi connectivity index (χ2v) is 9.82. The molecule has 2 atom stereocenters. The van der Waals surface area contributed by atoms with Crippen molar-refractivity contribution in [3.05, 3.63) is 70.7 Å². The number of halogens is 3. The van der Waals surface area contributed by atoms with E-state index in [0.29, 0.717) is 18.8 Å². The van der Waals surface area contributed by atoms with E-state index in [9.17, 15) is 31.5 Å². The number of carboxylic acids is 1. The molecule has 1 aromatic carbocycles. The lowest BCUT2D eigenvalue weighted by atomic mass is 9.92. The predicted octanol–water partition coefficient (Wildman–Crippen LogP) is 3.45. The second kappa shape index (κ2) is 8.38. The number of alkyl halides is 3. The molecule has 1 aliphatic heterocycles. The fourth-order valence-corrected chi connectivity index (χ4v) is 5.90. The highest BCUT2D eigenvalue weighted by Crippen LogP contribution is 2.36. The molecule has 2 aliphatic carbocycles. The molecule has 1 unspecified atom stereocenters. The molecule has 0 aromatic heterocycles. The zero-order valence-electron chi connectivity index (χ0n) is 17.5. The minimum absolute atomic E-state index is 0.0488. The summed E-state index contributed by atoms with van der Waals surface area (Å²) >= 11 is 0. The van der Waals surface area contributed by atoms with Crippen LogP contribution in [0.25, 0.3) is 0 Å². The minimum Gasteiger partial charge on any atom is -0.478 e. The predicted molar refractivity (Wildman–Crippen MR) is 115 cm³/mol. The van der Waals surface area contributed by atoms with Crippen LogP contribution in [0.5, 0.6) is 5.75 Å². The lowest BCUT2D eigenvalue weighted by Crippen LogP contribution is -2.54. The quantitative estimate of drug-likeness (QED) is 0.692. The topological polar surface area (TPSA) is 87.2 Å². The van der Waals surface area contributed by atoms with E-state index >= 15 is 0 Å². The molecule has 11 heteroatoms. The summed E-state index contributed by atoms with van der Waals surface area (Å²) in [7, 11) is -3.87. The van der Waals surface area contributed by atoms with Crippen molar-refractivity contribution in [2.75, 3.05) is 24.5 Å². The van der Waals surface area contributed by atoms with Gasteiger partial charge in [-0.3, -0.25) is 0 Å². The fourth-order valence-electron chi connectivity index (χ4n) is 4.22. The van der Waals surface area contributed by atoms with Crippen molar-refractivity contribution < 1.29 is 36.2 Å². The molecule has 1 saturated heterocycles. The summed E-state index contributed by atoms with van der Waals surface area (Å²) in [5.41, 5.74) is 1.50. The number of piperazine rings is 1. The molecule has 4 rings (SSSR count). The first-order valence-corrected chi connectivity index (χ1v) is 11.6. The maximum atomic E-state index is 13.3. The molecule has 176 valence electrons. The molecule has 0 bridgehead atoms. The standard InChI is InChI=1S/C22H21F3N2O5S/c1-14-13-26(16-4-6-17(7-5-16)32-22(23,24)25)10-11-27(14)33(30,31)18-8-2-15-3-9-19(21(28)29)20(15)12-18/h2-9,12,14,20H,10-11,13H2,1H3,(H,28,29)/t14-,20?/m0/s1. The summed E-state index contributed by atoms with van der Waals surface area (Å²) in [6, 6.07) is 5.01. The Kier molecular flexibility index (Phi) is 5.87. The summed E-state index contributed by atoms with van der Waals surface area (Å²) in [5, 5.41) is 9.36. The molecule has 1 fully saturated rings. The Morgan fingerprint density at radius 3 is 2.42 bits per heavy atom. The van der Waals surface area contributed by atoms with Gasteiger partial charge in [0.25, 0.3) is 0 Å². The van der Waals surface area contributed by atoms with Crippen LogP contribution in [0.2, 0.25) is 0 Å². The number of anilines is 1. The summed E-state index contributed by atoms with van der Waals surface area (Å²) in [6.45, 7) is 2.60. The average molecular weight is 482 g/mol. The van der Waals surface area contributed by atoms with Crippen molar-refractivity contribution in [1.82, 2.24) is 4.31 Å². The minimum atomic E-state index is -4.77. The molecule has 0 saturated carbocycles. The molecular formula is C22H21F3N2O5S. The number of hydrogen-bond donors (Lipinski definition) is 1. The van der Waals surface area contributed by atoms with E-state index in [1.807, 2.05) is 4.90 Å². The van der Waals surface area contributed by atoms with Crippen molar-refractivity contribution in [2.24, 2.45) is 5.92 Å². The zero-order chi connectivity index (χ0) is 24.0. The van der Waals surface area contributed by atoms with Crippen molar-refractivity contribution in [3.63, 3.8) is 0 Å². The van der Waals surface area contributed by atoms with Crippen LogP contribution in [-0.4, -0.2) is 55.8 Å². The van der Waals surface area contributed by atoms with Crippen molar-refractivity contribution in [3.8, 4) is 5.75 Å². The lowest BCUT2D eigenvalue weighted by molar-refractivity contribution is -0.274. The molecule has 0 radical (unpaired) electrons. The van der Waals surface area contributed by atoms with Gasteiger partial charge in [0, 0.05) is 42.9 Å². The van der Waals surface area contributed by atoms with Crippen molar-refractivity contribution in [2.45, 2.75) is 19.3 Å². The van der Waals surface area contributed by atoms with E-state index < -0.39 is 34.3 Å². The normalized spacial score (nSPS) is 23.5. The smallest absolute Gasteiger partial charge is 0.478 e. The third kappa shape index (κ3) is 4.69. The molecule has 33 heavy (non-hydrogen) atoms. The Labute approximate surface area is 188 Å². The highest BCUT2D eigenvalue weighted by Gasteiger charge is 2.37. The second-order valence-electron chi connectivity index (χ2n) is 7.93. The first kappa shape index (κ1) is 23.1. The Hall–Kier alpha value is -3.05. The van der Waals surface area contributed by atoms with E-state index in [-0.39, 0.29) is 22.8 Å². The van der Waals surface area contributed by atoms with Crippen LogP contribution < -0.4 is 9.64 Å². The first-order valence-electron chi connectivity index (χ1n) is 10.1. The van der Waals surface area contributed by atoms with Crippen molar-refractivity contribution >= 4 is 21.7 Å². The van der Waals surface area contributed by atoms with Gasteiger partial charge in [0.2, 0.25) is 10.0 Å². The van der Waals surface area contributed by atoms with E-state index in [0.717, 1.165) is 5.57 Å². The van der Waals surface area contributed by atoms with Gasteiger partial charge in [0.15, 0.2) is 0 Å². The molecule has 7 nitrogen and oxygen atoms in total. The number of sulfonamides is 1. The highest BCUT2D eigenvalue weighted by molar-refractivity contribution is 7.93. The molecule has 0 spiro atoms. The maximum Gasteiger partial charge on any atom is 0.573 e. The Bertz CT molecular complexity index is 1180.